The first-order chi connectivity index (χ1) is 37.3. The van der Waals surface area contributed by atoms with E-state index in [-0.39, 0.29) is 20.1 Å². The second-order valence-electron chi connectivity index (χ2n) is 22.9. The summed E-state index contributed by atoms with van der Waals surface area (Å²) < 4.78 is 2.62. The SMILES string of the molecule is CC(C)c1cc(C(C)C)c(B2c3ccccc3N(c3ccccc3)c3cc4c(cc32)B2c3ccccc3N3c5ccccc5B5c6c(cc(c2c63)N4c2ccccc2)-n2c3ccccc3c3cccc5c32)c(C(C)C)c1. The van der Waals surface area contributed by atoms with E-state index in [9.17, 15) is 0 Å². The lowest BCUT2D eigenvalue weighted by Crippen LogP contribution is -2.69. The number of aromatic nitrogens is 1. The number of hydrogen-bond donors (Lipinski definition) is 0. The second-order valence-corrected chi connectivity index (χ2v) is 22.9. The van der Waals surface area contributed by atoms with Crippen LogP contribution >= 0.6 is 0 Å². The summed E-state index contributed by atoms with van der Waals surface area (Å²) in [4.78, 5) is 7.87. The maximum atomic E-state index is 2.69. The zero-order valence-electron chi connectivity index (χ0n) is 43.9. The van der Waals surface area contributed by atoms with Gasteiger partial charge in [-0.2, -0.15) is 0 Å². The van der Waals surface area contributed by atoms with Crippen LogP contribution in [-0.2, 0) is 0 Å². The molecular formula is C69H55B3N4. The highest BCUT2D eigenvalue weighted by Gasteiger charge is 2.52. The van der Waals surface area contributed by atoms with E-state index in [2.05, 4.69) is 267 Å². The van der Waals surface area contributed by atoms with Crippen LogP contribution in [0.25, 0.3) is 27.5 Å². The molecule has 5 aliphatic heterocycles. The topological polar surface area (TPSA) is 14.7 Å². The van der Waals surface area contributed by atoms with Crippen LogP contribution in [0.15, 0.2) is 206 Å². The maximum Gasteiger partial charge on any atom is 0.252 e. The van der Waals surface area contributed by atoms with Gasteiger partial charge in [0.05, 0.1) is 5.52 Å². The van der Waals surface area contributed by atoms with Gasteiger partial charge in [0.1, 0.15) is 0 Å². The maximum absolute atomic E-state index is 2.69. The molecule has 0 fully saturated rings. The Kier molecular flexibility index (Phi) is 9.28. The average Bonchev–Trinajstić information content (AvgIpc) is 3.71. The number of anilines is 9. The Balaban J connectivity index is 1.08. The van der Waals surface area contributed by atoms with Crippen LogP contribution in [-0.4, -0.2) is 24.7 Å². The molecule has 0 unspecified atom stereocenters. The van der Waals surface area contributed by atoms with Crippen LogP contribution in [0.3, 0.4) is 0 Å². The van der Waals surface area contributed by atoms with Crippen molar-refractivity contribution >= 4 is 142 Å². The Morgan fingerprint density at radius 1 is 0.316 bits per heavy atom. The summed E-state index contributed by atoms with van der Waals surface area (Å²) in [7, 11) is 0. The Labute approximate surface area is 447 Å². The highest BCUT2D eigenvalue weighted by molar-refractivity contribution is 7.05. The number of nitrogens with zero attached hydrogens (tertiary/aromatic N) is 4. The molecule has 0 spiro atoms. The summed E-state index contributed by atoms with van der Waals surface area (Å²) in [5.74, 6) is 1.06. The first kappa shape index (κ1) is 43.9. The number of hydrogen-bond acceptors (Lipinski definition) is 3. The molecule has 11 aromatic rings. The monoisotopic (exact) mass is 972 g/mol. The van der Waals surface area contributed by atoms with E-state index in [0.717, 1.165) is 11.4 Å². The zero-order chi connectivity index (χ0) is 50.8. The van der Waals surface area contributed by atoms with Crippen molar-refractivity contribution in [2.45, 2.75) is 59.3 Å². The fourth-order valence-electron chi connectivity index (χ4n) is 14.8. The first-order valence-corrected chi connectivity index (χ1v) is 27.6. The Morgan fingerprint density at radius 3 is 1.34 bits per heavy atom. The van der Waals surface area contributed by atoms with Crippen molar-refractivity contribution in [3.8, 4) is 5.69 Å². The summed E-state index contributed by atoms with van der Waals surface area (Å²) in [6, 6.07) is 79.4. The smallest absolute Gasteiger partial charge is 0.252 e. The molecule has 76 heavy (non-hydrogen) atoms. The minimum Gasteiger partial charge on any atom is -0.312 e. The molecule has 0 radical (unpaired) electrons. The molecule has 360 valence electrons. The van der Waals surface area contributed by atoms with Gasteiger partial charge >= 0.3 is 0 Å². The van der Waals surface area contributed by atoms with Crippen LogP contribution in [0.5, 0.6) is 0 Å². The summed E-state index contributed by atoms with van der Waals surface area (Å²) >= 11 is 0. The molecule has 5 aliphatic rings. The summed E-state index contributed by atoms with van der Waals surface area (Å²) in [6.45, 7) is 14.3. The van der Waals surface area contributed by atoms with Crippen molar-refractivity contribution in [3.63, 3.8) is 0 Å². The summed E-state index contributed by atoms with van der Waals surface area (Å²) in [6.07, 6.45) is 0. The molecule has 7 heteroatoms. The number of para-hydroxylation sites is 7. The first-order valence-electron chi connectivity index (χ1n) is 27.6. The molecule has 0 aliphatic carbocycles. The highest BCUT2D eigenvalue weighted by atomic mass is 15.2. The molecule has 0 amide bonds. The van der Waals surface area contributed by atoms with Gasteiger partial charge in [0.15, 0.2) is 0 Å². The molecule has 0 N–H and O–H groups in total. The predicted molar refractivity (Wildman–Crippen MR) is 328 cm³/mol. The normalized spacial score (nSPS) is 14.1. The molecule has 10 aromatic carbocycles. The third kappa shape index (κ3) is 5.78. The molecule has 6 heterocycles. The van der Waals surface area contributed by atoms with E-state index >= 15 is 0 Å². The highest BCUT2D eigenvalue weighted by Crippen LogP contribution is 2.49. The molecular weight excluding hydrogens is 917 g/mol. The van der Waals surface area contributed by atoms with Crippen molar-refractivity contribution in [3.05, 3.63) is 223 Å². The lowest BCUT2D eigenvalue weighted by molar-refractivity contribution is 0.812. The fourth-order valence-corrected chi connectivity index (χ4v) is 14.8. The van der Waals surface area contributed by atoms with Crippen molar-refractivity contribution in [2.24, 2.45) is 0 Å². The lowest BCUT2D eigenvalue weighted by atomic mass is 9.28. The summed E-state index contributed by atoms with van der Waals surface area (Å²) in [5, 5.41) is 2.60. The standard InChI is InChI=1S/C69H55B3N4/c1-41(2)44-36-49(42(3)4)65(50(37-44)43(5)6)71-51-28-14-18-33-58(51)73(45-22-9-7-10-23-45)61-39-62-56(38-55(61)71)72-53-30-16-20-35-60(53)76-59-34-19-15-29-52(59)70-54-31-21-27-48-47-26-13-17-32-57(47)75(68(48)54)64-40-63(66(72)69(76)67(64)70)74(62)46-24-11-8-12-25-46/h7-43H,1-6H3. The molecule has 1 aromatic heterocycles. The zero-order valence-corrected chi connectivity index (χ0v) is 43.9. The number of fused-ring (bicyclic) bond motifs is 15. The van der Waals surface area contributed by atoms with Gasteiger partial charge in [-0.05, 0) is 139 Å². The van der Waals surface area contributed by atoms with E-state index in [1.807, 2.05) is 0 Å². The van der Waals surface area contributed by atoms with Gasteiger partial charge < -0.3 is 19.3 Å². The second kappa shape index (κ2) is 16.1. The Hall–Kier alpha value is -8.41. The predicted octanol–water partition coefficient (Wildman–Crippen LogP) is 11.7. The van der Waals surface area contributed by atoms with E-state index in [4.69, 9.17) is 0 Å². The third-order valence-electron chi connectivity index (χ3n) is 17.9. The van der Waals surface area contributed by atoms with Crippen LogP contribution in [0, 0.1) is 0 Å². The van der Waals surface area contributed by atoms with Crippen molar-refractivity contribution in [2.75, 3.05) is 14.7 Å². The molecule has 0 atom stereocenters. The largest absolute Gasteiger partial charge is 0.312 e. The van der Waals surface area contributed by atoms with Crippen LogP contribution in [0.4, 0.5) is 51.2 Å². The van der Waals surface area contributed by atoms with Gasteiger partial charge in [-0.1, -0.05) is 193 Å². The van der Waals surface area contributed by atoms with Gasteiger partial charge in [-0.25, -0.2) is 0 Å². The Morgan fingerprint density at radius 2 is 0.763 bits per heavy atom. The minimum atomic E-state index is -0.0621. The summed E-state index contributed by atoms with van der Waals surface area (Å²) in [5.41, 5.74) is 31.5. The molecule has 0 saturated carbocycles. The third-order valence-corrected chi connectivity index (χ3v) is 17.9. The van der Waals surface area contributed by atoms with Gasteiger partial charge in [0, 0.05) is 73.2 Å². The lowest BCUT2D eigenvalue weighted by Gasteiger charge is -2.50. The van der Waals surface area contributed by atoms with E-state index in [1.165, 1.54) is 133 Å². The van der Waals surface area contributed by atoms with Crippen LogP contribution in [0.2, 0.25) is 0 Å². The van der Waals surface area contributed by atoms with Crippen molar-refractivity contribution in [1.82, 2.24) is 4.57 Å². The van der Waals surface area contributed by atoms with Gasteiger partial charge in [0.2, 0.25) is 6.71 Å². The van der Waals surface area contributed by atoms with E-state index < -0.39 is 0 Å². The molecule has 0 saturated heterocycles. The van der Waals surface area contributed by atoms with Gasteiger partial charge in [-0.3, -0.25) is 0 Å². The van der Waals surface area contributed by atoms with Crippen LogP contribution < -0.4 is 63.9 Å². The molecule has 0 bridgehead atoms. The molecule has 4 nitrogen and oxygen atoms in total. The minimum absolute atomic E-state index is 0.0199. The van der Waals surface area contributed by atoms with Crippen LogP contribution in [0.1, 0.15) is 76.0 Å². The van der Waals surface area contributed by atoms with E-state index in [0.29, 0.717) is 17.8 Å². The van der Waals surface area contributed by atoms with Gasteiger partial charge in [-0.15, -0.1) is 0 Å². The number of benzene rings is 10. The van der Waals surface area contributed by atoms with Crippen molar-refractivity contribution < 1.29 is 0 Å². The fraction of sp³-hybridized carbons (Fsp3) is 0.130. The quantitative estimate of drug-likeness (QED) is 0.154. The Bertz CT molecular complexity index is 4240. The molecule has 16 rings (SSSR count). The average molecular weight is 973 g/mol. The van der Waals surface area contributed by atoms with E-state index in [1.54, 1.807) is 0 Å². The van der Waals surface area contributed by atoms with Gasteiger partial charge in [0.25, 0.3) is 13.4 Å². The van der Waals surface area contributed by atoms with Crippen molar-refractivity contribution in [1.29, 1.82) is 0 Å². The number of rotatable bonds is 6.